The predicted octanol–water partition coefficient (Wildman–Crippen LogP) is 7.18. The molecule has 1 amide bonds. The first kappa shape index (κ1) is 37.1. The number of methoxy groups -OCH3 is 1. The molecule has 2 heterocycles. The molecule has 3 aliphatic rings. The van der Waals surface area contributed by atoms with Crippen molar-refractivity contribution < 1.29 is 36.2 Å². The minimum absolute atomic E-state index is 0.0610. The summed E-state index contributed by atoms with van der Waals surface area (Å²) >= 11 is 0. The second kappa shape index (κ2) is 16.1. The third-order valence-corrected chi connectivity index (χ3v) is 8.28. The van der Waals surface area contributed by atoms with Crippen molar-refractivity contribution in [1.82, 2.24) is 10.3 Å². The molecule has 2 fully saturated rings. The molecule has 49 heavy (non-hydrogen) atoms. The van der Waals surface area contributed by atoms with Crippen molar-refractivity contribution >= 4 is 24.0 Å². The number of hydrogen-bond acceptors (Lipinski definition) is 7. The molecule has 264 valence electrons. The number of carbonyl (C=O) groups excluding carboxylic acids is 1. The second-order valence-electron chi connectivity index (χ2n) is 12.4. The van der Waals surface area contributed by atoms with Crippen LogP contribution in [0, 0.1) is 23.4 Å². The number of amides is 1. The molecule has 0 saturated heterocycles. The van der Waals surface area contributed by atoms with Gasteiger partial charge in [-0.2, -0.15) is 0 Å². The van der Waals surface area contributed by atoms with Crippen molar-refractivity contribution in [3.8, 4) is 22.8 Å². The van der Waals surface area contributed by atoms with E-state index in [-0.39, 0.29) is 42.3 Å². The predicted molar refractivity (Wildman–Crippen MR) is 180 cm³/mol. The van der Waals surface area contributed by atoms with E-state index in [4.69, 9.17) is 20.0 Å². The molecule has 2 saturated carbocycles. The zero-order valence-electron chi connectivity index (χ0n) is 28.0. The maximum Gasteiger partial charge on any atom is 0.248 e. The van der Waals surface area contributed by atoms with Crippen LogP contribution in [0.15, 0.2) is 41.4 Å². The van der Waals surface area contributed by atoms with Gasteiger partial charge in [0.15, 0.2) is 11.6 Å². The molecular formula is C36H42F5N5O3. The van der Waals surface area contributed by atoms with E-state index in [2.05, 4.69) is 21.0 Å². The van der Waals surface area contributed by atoms with Gasteiger partial charge in [0.1, 0.15) is 23.0 Å². The quantitative estimate of drug-likeness (QED) is 0.0720. The molecule has 13 heteroatoms. The second-order valence-corrected chi connectivity index (χ2v) is 12.4. The van der Waals surface area contributed by atoms with Crippen LogP contribution < -0.4 is 26.3 Å². The van der Waals surface area contributed by atoms with Gasteiger partial charge in [0.05, 0.1) is 25.4 Å². The molecule has 0 radical (unpaired) electrons. The number of nitrogens with zero attached hydrogens (tertiary/aromatic N) is 2. The van der Waals surface area contributed by atoms with Crippen LogP contribution in [0.1, 0.15) is 74.8 Å². The van der Waals surface area contributed by atoms with Crippen molar-refractivity contribution in [3.05, 3.63) is 76.2 Å². The van der Waals surface area contributed by atoms with E-state index >= 15 is 0 Å². The summed E-state index contributed by atoms with van der Waals surface area (Å²) in [6, 6.07) is 7.53. The van der Waals surface area contributed by atoms with Crippen LogP contribution in [0.5, 0.6) is 11.5 Å². The van der Waals surface area contributed by atoms with E-state index in [0.29, 0.717) is 54.6 Å². The number of carbonyl (C=O) groups is 1. The number of nitrogens with one attached hydrogen (secondary N) is 1. The average molecular weight is 688 g/mol. The van der Waals surface area contributed by atoms with Crippen molar-refractivity contribution in [2.75, 3.05) is 26.0 Å². The number of aromatic nitrogens is 1. The van der Waals surface area contributed by atoms with Crippen molar-refractivity contribution in [2.45, 2.75) is 70.8 Å². The number of fused-ring (bicyclic) bond motifs is 1. The number of nitrogen functional groups attached to an aromatic ring is 1. The van der Waals surface area contributed by atoms with Gasteiger partial charge in [0.2, 0.25) is 12.3 Å². The Labute approximate surface area is 282 Å². The van der Waals surface area contributed by atoms with E-state index in [9.17, 15) is 22.0 Å². The molecule has 0 spiro atoms. The molecule has 8 nitrogen and oxygen atoms in total. The summed E-state index contributed by atoms with van der Waals surface area (Å²) in [6.45, 7) is 6.69. The maximum absolute atomic E-state index is 14.7. The van der Waals surface area contributed by atoms with Crippen LogP contribution in [-0.2, 0) is 11.2 Å². The van der Waals surface area contributed by atoms with Gasteiger partial charge in [-0.1, -0.05) is 19.9 Å². The molecule has 3 aromatic rings. The number of alkyl halides is 2. The lowest BCUT2D eigenvalue weighted by atomic mass is 9.83. The third-order valence-electron chi connectivity index (χ3n) is 8.28. The van der Waals surface area contributed by atoms with E-state index < -0.39 is 23.4 Å². The minimum Gasteiger partial charge on any atom is -0.495 e. The number of nitrogens with two attached hydrogens (primary N) is 2. The maximum atomic E-state index is 14.7. The Bertz CT molecular complexity index is 1700. The van der Waals surface area contributed by atoms with Crippen LogP contribution in [0.4, 0.5) is 27.6 Å². The Morgan fingerprint density at radius 1 is 1.10 bits per heavy atom. The molecular weight excluding hydrogens is 645 g/mol. The van der Waals surface area contributed by atoms with Gasteiger partial charge in [-0.25, -0.2) is 26.9 Å². The first-order valence-corrected chi connectivity index (χ1v) is 16.1. The Hall–Kier alpha value is -4.68. The first-order valence-electron chi connectivity index (χ1n) is 16.1. The fourth-order valence-corrected chi connectivity index (χ4v) is 5.58. The highest BCUT2D eigenvalue weighted by atomic mass is 19.3. The number of anilines is 1. The lowest BCUT2D eigenvalue weighted by molar-refractivity contribution is -0.107. The van der Waals surface area contributed by atoms with Gasteiger partial charge >= 0.3 is 0 Å². The molecule has 1 aliphatic heterocycles. The third kappa shape index (κ3) is 9.48. The largest absolute Gasteiger partial charge is 0.495 e. The molecule has 1 aromatic heterocycles. The summed E-state index contributed by atoms with van der Waals surface area (Å²) in [5, 5.41) is 3.44. The number of halogens is 5. The van der Waals surface area contributed by atoms with Crippen LogP contribution in [0.3, 0.4) is 0 Å². The number of allylic oxidation sites excluding steroid dienone is 1. The normalized spacial score (nSPS) is 17.9. The number of ether oxygens (including phenoxy) is 2. The Morgan fingerprint density at radius 2 is 1.78 bits per heavy atom. The average Bonchev–Trinajstić information content (AvgIpc) is 3.80. The molecule has 1 atom stereocenters. The minimum atomic E-state index is -2.31. The van der Waals surface area contributed by atoms with Gasteiger partial charge in [-0.05, 0) is 49.9 Å². The smallest absolute Gasteiger partial charge is 0.248 e. The molecule has 2 aliphatic carbocycles. The Morgan fingerprint density at radius 3 is 2.35 bits per heavy atom. The van der Waals surface area contributed by atoms with Crippen molar-refractivity contribution in [1.29, 1.82) is 0 Å². The Balaban J connectivity index is 0.000000469. The first-order chi connectivity index (χ1) is 23.3. The highest BCUT2D eigenvalue weighted by Crippen LogP contribution is 2.43. The van der Waals surface area contributed by atoms with Gasteiger partial charge in [0, 0.05) is 77.7 Å². The summed E-state index contributed by atoms with van der Waals surface area (Å²) in [6.07, 6.45) is 6.92. The van der Waals surface area contributed by atoms with Crippen LogP contribution in [0.25, 0.3) is 17.0 Å². The highest BCUT2D eigenvalue weighted by molar-refractivity contribution is 5.91. The summed E-state index contributed by atoms with van der Waals surface area (Å²) in [7, 11) is 1.58. The van der Waals surface area contributed by atoms with Gasteiger partial charge < -0.3 is 26.3 Å². The number of hydrogen-bond donors (Lipinski definition) is 3. The number of benzene rings is 2. The van der Waals surface area contributed by atoms with E-state index in [0.717, 1.165) is 41.3 Å². The SMILES string of the molecule is CC1CC(F)(F)C1.CC=C(NCCc1cc2c(c(-c3cc(F)c(F)cc3F)n1)OCC2C)c1cc(C=NC2CC2)c(N)c(OC)c1.NC=O. The standard InChI is InChI=1S/C30H31F3N4O2.C5H8F2.CH3NO/c1-4-26(17-9-18(14-36-19-5-6-19)28(34)27(10-17)38-3)35-8-7-20-11-21-16(2)15-39-30(21)29(37-20)22-12-24(32)25(33)13-23(22)31;1-4-2-5(6,7)3-4;2-1-3/h4,9-14,16,19,35H,5-8,15,34H2,1-3H3;4H,2-3H2,1H3;1H,(H2,2,3). The lowest BCUT2D eigenvalue weighted by Crippen LogP contribution is -2.33. The summed E-state index contributed by atoms with van der Waals surface area (Å²) in [4.78, 5) is 17.8. The molecule has 0 bridgehead atoms. The monoisotopic (exact) mass is 687 g/mol. The molecule has 1 unspecified atom stereocenters. The number of rotatable bonds is 9. The zero-order valence-corrected chi connectivity index (χ0v) is 28.0. The van der Waals surface area contributed by atoms with E-state index in [1.165, 1.54) is 0 Å². The van der Waals surface area contributed by atoms with Crippen LogP contribution in [-0.4, -0.2) is 49.8 Å². The van der Waals surface area contributed by atoms with Crippen LogP contribution in [0.2, 0.25) is 0 Å². The van der Waals surface area contributed by atoms with Gasteiger partial charge in [-0.3, -0.25) is 9.79 Å². The fraction of sp³-hybridized carbons (Fsp3) is 0.417. The van der Waals surface area contributed by atoms with Crippen molar-refractivity contribution in [3.63, 3.8) is 0 Å². The Kier molecular flexibility index (Phi) is 12.2. The number of aliphatic imine (C=N–C) groups is 1. The molecule has 6 rings (SSSR count). The zero-order chi connectivity index (χ0) is 35.9. The summed E-state index contributed by atoms with van der Waals surface area (Å²) in [5.41, 5.74) is 15.2. The number of primary amides is 1. The summed E-state index contributed by atoms with van der Waals surface area (Å²) < 4.78 is 77.1. The van der Waals surface area contributed by atoms with E-state index in [1.807, 2.05) is 51.3 Å². The lowest BCUT2D eigenvalue weighted by Gasteiger charge is -2.31. The van der Waals surface area contributed by atoms with Gasteiger partial charge in [-0.15, -0.1) is 0 Å². The van der Waals surface area contributed by atoms with Gasteiger partial charge in [0.25, 0.3) is 0 Å². The number of pyridine rings is 1. The van der Waals surface area contributed by atoms with E-state index in [1.54, 1.807) is 7.11 Å². The highest BCUT2D eigenvalue weighted by Gasteiger charge is 2.42. The fourth-order valence-electron chi connectivity index (χ4n) is 5.58. The molecule has 5 N–H and O–H groups in total. The molecule has 2 aromatic carbocycles. The van der Waals surface area contributed by atoms with Crippen molar-refractivity contribution in [2.24, 2.45) is 16.6 Å². The topological polar surface area (TPSA) is 125 Å². The van der Waals surface area contributed by atoms with Crippen LogP contribution >= 0.6 is 0 Å². The summed E-state index contributed by atoms with van der Waals surface area (Å²) in [5.74, 6) is -4.29.